The monoisotopic (exact) mass is 306 g/mol. The summed E-state index contributed by atoms with van der Waals surface area (Å²) in [6, 6.07) is 10.2. The summed E-state index contributed by atoms with van der Waals surface area (Å²) in [5.41, 5.74) is 6.81. The highest BCUT2D eigenvalue weighted by Crippen LogP contribution is 2.26. The fraction of sp³-hybridized carbons (Fsp3) is 0.588. The SMILES string of the molecule is NCCCN(Cc1ccccc1)C(=O)CC1CCSCC1. The Kier molecular flexibility index (Phi) is 7.10. The Balaban J connectivity index is 1.92. The maximum atomic E-state index is 12.6. The van der Waals surface area contributed by atoms with Crippen LogP contribution in [0, 0.1) is 5.92 Å². The largest absolute Gasteiger partial charge is 0.338 e. The molecule has 0 bridgehead atoms. The molecular weight excluding hydrogens is 280 g/mol. The summed E-state index contributed by atoms with van der Waals surface area (Å²) < 4.78 is 0. The summed E-state index contributed by atoms with van der Waals surface area (Å²) in [5, 5.41) is 0. The molecule has 1 fully saturated rings. The van der Waals surface area contributed by atoms with Crippen molar-refractivity contribution >= 4 is 17.7 Å². The van der Waals surface area contributed by atoms with Gasteiger partial charge in [0.15, 0.2) is 0 Å². The van der Waals surface area contributed by atoms with Crippen molar-refractivity contribution < 1.29 is 4.79 Å². The Morgan fingerprint density at radius 3 is 2.62 bits per heavy atom. The van der Waals surface area contributed by atoms with Gasteiger partial charge < -0.3 is 10.6 Å². The maximum Gasteiger partial charge on any atom is 0.223 e. The topological polar surface area (TPSA) is 46.3 Å². The van der Waals surface area contributed by atoms with Crippen LogP contribution in [0.5, 0.6) is 0 Å². The first-order chi connectivity index (χ1) is 10.3. The molecule has 1 aliphatic heterocycles. The Hall–Kier alpha value is -1.000. The molecule has 2 N–H and O–H groups in total. The van der Waals surface area contributed by atoms with Gasteiger partial charge in [-0.05, 0) is 48.8 Å². The number of nitrogens with two attached hydrogens (primary N) is 1. The Bertz CT molecular complexity index is 418. The first kappa shape index (κ1) is 16.4. The smallest absolute Gasteiger partial charge is 0.223 e. The lowest BCUT2D eigenvalue weighted by Gasteiger charge is -2.27. The minimum atomic E-state index is 0.296. The molecule has 0 aliphatic carbocycles. The second-order valence-corrected chi connectivity index (χ2v) is 6.93. The predicted octanol–water partition coefficient (Wildman–Crippen LogP) is 2.90. The molecule has 0 saturated carbocycles. The summed E-state index contributed by atoms with van der Waals surface area (Å²) in [6.45, 7) is 2.12. The Morgan fingerprint density at radius 1 is 1.24 bits per heavy atom. The fourth-order valence-corrected chi connectivity index (χ4v) is 3.91. The molecule has 1 amide bonds. The van der Waals surface area contributed by atoms with E-state index in [1.165, 1.54) is 29.9 Å². The summed E-state index contributed by atoms with van der Waals surface area (Å²) >= 11 is 2.01. The average Bonchev–Trinajstić information content (AvgIpc) is 2.53. The van der Waals surface area contributed by atoms with Crippen LogP contribution in [0.1, 0.15) is 31.2 Å². The van der Waals surface area contributed by atoms with Crippen molar-refractivity contribution in [1.29, 1.82) is 0 Å². The van der Waals surface area contributed by atoms with Gasteiger partial charge in [0, 0.05) is 19.5 Å². The highest BCUT2D eigenvalue weighted by Gasteiger charge is 2.21. The number of nitrogens with zero attached hydrogens (tertiary/aromatic N) is 1. The first-order valence-electron chi connectivity index (χ1n) is 7.89. The molecule has 2 rings (SSSR count). The van der Waals surface area contributed by atoms with Gasteiger partial charge in [-0.3, -0.25) is 4.79 Å². The highest BCUT2D eigenvalue weighted by atomic mass is 32.2. The number of hydrogen-bond donors (Lipinski definition) is 1. The van der Waals surface area contributed by atoms with Crippen LogP contribution < -0.4 is 5.73 Å². The van der Waals surface area contributed by atoms with E-state index in [9.17, 15) is 4.79 Å². The lowest BCUT2D eigenvalue weighted by Crippen LogP contribution is -2.34. The van der Waals surface area contributed by atoms with Crippen LogP contribution in [-0.2, 0) is 11.3 Å². The molecule has 3 nitrogen and oxygen atoms in total. The molecule has 4 heteroatoms. The molecule has 21 heavy (non-hydrogen) atoms. The van der Waals surface area contributed by atoms with Gasteiger partial charge in [0.2, 0.25) is 5.91 Å². The van der Waals surface area contributed by atoms with Crippen molar-refractivity contribution in [1.82, 2.24) is 4.90 Å². The van der Waals surface area contributed by atoms with Gasteiger partial charge in [-0.2, -0.15) is 11.8 Å². The van der Waals surface area contributed by atoms with Crippen LogP contribution in [0.4, 0.5) is 0 Å². The quantitative estimate of drug-likeness (QED) is 0.842. The number of benzene rings is 1. The van der Waals surface area contributed by atoms with Gasteiger partial charge in [-0.15, -0.1) is 0 Å². The van der Waals surface area contributed by atoms with E-state index >= 15 is 0 Å². The van der Waals surface area contributed by atoms with E-state index in [4.69, 9.17) is 5.73 Å². The van der Waals surface area contributed by atoms with Crippen molar-refractivity contribution in [3.8, 4) is 0 Å². The zero-order valence-electron chi connectivity index (χ0n) is 12.7. The molecule has 0 unspecified atom stereocenters. The second-order valence-electron chi connectivity index (χ2n) is 5.70. The molecule has 1 heterocycles. The third-order valence-electron chi connectivity index (χ3n) is 4.01. The fourth-order valence-electron chi connectivity index (χ4n) is 2.70. The zero-order valence-corrected chi connectivity index (χ0v) is 13.5. The van der Waals surface area contributed by atoms with Crippen molar-refractivity contribution in [3.63, 3.8) is 0 Å². The summed E-state index contributed by atoms with van der Waals surface area (Å²) in [4.78, 5) is 14.6. The van der Waals surface area contributed by atoms with Gasteiger partial charge in [0.1, 0.15) is 0 Å². The molecule has 0 radical (unpaired) electrons. The highest BCUT2D eigenvalue weighted by molar-refractivity contribution is 7.99. The van der Waals surface area contributed by atoms with Gasteiger partial charge in [0.05, 0.1) is 0 Å². The van der Waals surface area contributed by atoms with E-state index in [-0.39, 0.29) is 0 Å². The summed E-state index contributed by atoms with van der Waals surface area (Å²) in [5.74, 6) is 3.29. The number of carbonyl (C=O) groups excluding carboxylic acids is 1. The van der Waals surface area contributed by atoms with E-state index in [2.05, 4.69) is 12.1 Å². The standard InChI is InChI=1S/C17H26N2OS/c18-9-4-10-19(14-16-5-2-1-3-6-16)17(20)13-15-7-11-21-12-8-15/h1-3,5-6,15H,4,7-14,18H2. The summed E-state index contributed by atoms with van der Waals surface area (Å²) in [7, 11) is 0. The molecule has 0 atom stereocenters. The number of thioether (sulfide) groups is 1. The minimum Gasteiger partial charge on any atom is -0.338 e. The van der Waals surface area contributed by atoms with E-state index in [0.717, 1.165) is 13.0 Å². The van der Waals surface area contributed by atoms with Gasteiger partial charge in [-0.25, -0.2) is 0 Å². The lowest BCUT2D eigenvalue weighted by molar-refractivity contribution is -0.133. The normalized spacial score (nSPS) is 15.9. The molecule has 1 saturated heterocycles. The third-order valence-corrected chi connectivity index (χ3v) is 5.05. The second kappa shape index (κ2) is 9.11. The van der Waals surface area contributed by atoms with Crippen LogP contribution in [0.2, 0.25) is 0 Å². The molecule has 0 aromatic heterocycles. The van der Waals surface area contributed by atoms with Crippen molar-refractivity contribution in [2.75, 3.05) is 24.6 Å². The van der Waals surface area contributed by atoms with Crippen LogP contribution in [0.25, 0.3) is 0 Å². The van der Waals surface area contributed by atoms with E-state index in [0.29, 0.717) is 31.3 Å². The predicted molar refractivity (Wildman–Crippen MR) is 90.2 cm³/mol. The van der Waals surface area contributed by atoms with Gasteiger partial charge >= 0.3 is 0 Å². The van der Waals surface area contributed by atoms with Gasteiger partial charge in [-0.1, -0.05) is 30.3 Å². The number of amides is 1. The van der Waals surface area contributed by atoms with E-state index < -0.39 is 0 Å². The first-order valence-corrected chi connectivity index (χ1v) is 9.04. The Labute approximate surface area is 132 Å². The third kappa shape index (κ3) is 5.71. The Morgan fingerprint density at radius 2 is 1.95 bits per heavy atom. The lowest BCUT2D eigenvalue weighted by atomic mass is 9.98. The van der Waals surface area contributed by atoms with E-state index in [1.807, 2.05) is 34.9 Å². The molecule has 1 aliphatic rings. The van der Waals surface area contributed by atoms with Crippen molar-refractivity contribution in [2.45, 2.75) is 32.2 Å². The van der Waals surface area contributed by atoms with Crippen LogP contribution in [0.15, 0.2) is 30.3 Å². The maximum absolute atomic E-state index is 12.6. The molecule has 0 spiro atoms. The van der Waals surface area contributed by atoms with Crippen molar-refractivity contribution in [3.05, 3.63) is 35.9 Å². The minimum absolute atomic E-state index is 0.296. The average molecular weight is 306 g/mol. The molecule has 116 valence electrons. The van der Waals surface area contributed by atoms with Crippen LogP contribution in [-0.4, -0.2) is 35.4 Å². The number of rotatable bonds is 7. The van der Waals surface area contributed by atoms with Gasteiger partial charge in [0.25, 0.3) is 0 Å². The summed E-state index contributed by atoms with van der Waals surface area (Å²) in [6.07, 6.45) is 3.95. The van der Waals surface area contributed by atoms with E-state index in [1.54, 1.807) is 0 Å². The molecular formula is C17H26N2OS. The number of hydrogen-bond acceptors (Lipinski definition) is 3. The van der Waals surface area contributed by atoms with Crippen LogP contribution >= 0.6 is 11.8 Å². The van der Waals surface area contributed by atoms with Crippen molar-refractivity contribution in [2.24, 2.45) is 11.7 Å². The number of carbonyl (C=O) groups is 1. The molecule has 1 aromatic rings. The zero-order chi connectivity index (χ0) is 14.9. The van der Waals surface area contributed by atoms with Crippen LogP contribution in [0.3, 0.4) is 0 Å². The molecule has 1 aromatic carbocycles.